The maximum Gasteiger partial charge on any atom is 0.250 e. The van der Waals surface area contributed by atoms with E-state index in [4.69, 9.17) is 5.73 Å². The van der Waals surface area contributed by atoms with Crippen molar-refractivity contribution in [1.82, 2.24) is 5.32 Å². The van der Waals surface area contributed by atoms with Crippen molar-refractivity contribution in [3.63, 3.8) is 0 Å². The summed E-state index contributed by atoms with van der Waals surface area (Å²) < 4.78 is 23.0. The molecule has 1 unspecified atom stereocenters. The standard InChI is InChI=1S/C6H14F2N2/c1-5(2-9)3-10-4-6(7)8/h5-6,10H,2-4,9H2,1H3. The van der Waals surface area contributed by atoms with Crippen LogP contribution in [0, 0.1) is 5.92 Å². The lowest BCUT2D eigenvalue weighted by atomic mass is 10.2. The molecule has 4 heteroatoms. The molecule has 3 N–H and O–H groups in total. The second-order valence-corrected chi connectivity index (χ2v) is 2.39. The van der Waals surface area contributed by atoms with Gasteiger partial charge >= 0.3 is 0 Å². The van der Waals surface area contributed by atoms with Crippen LogP contribution in [-0.4, -0.2) is 26.1 Å². The minimum atomic E-state index is -2.26. The predicted molar refractivity (Wildman–Crippen MR) is 37.1 cm³/mol. The van der Waals surface area contributed by atoms with Gasteiger partial charge in [0.05, 0.1) is 6.54 Å². The van der Waals surface area contributed by atoms with Crippen molar-refractivity contribution in [2.75, 3.05) is 19.6 Å². The molecule has 0 saturated carbocycles. The fourth-order valence-electron chi connectivity index (χ4n) is 0.522. The molecule has 2 nitrogen and oxygen atoms in total. The number of hydrogen-bond donors (Lipinski definition) is 2. The first-order chi connectivity index (χ1) is 4.66. The molecule has 0 bridgehead atoms. The van der Waals surface area contributed by atoms with E-state index < -0.39 is 6.43 Å². The second kappa shape index (κ2) is 5.56. The van der Waals surface area contributed by atoms with E-state index >= 15 is 0 Å². The Hall–Kier alpha value is -0.220. The molecule has 0 heterocycles. The average molecular weight is 152 g/mol. The Morgan fingerprint density at radius 2 is 2.00 bits per heavy atom. The molecule has 0 aromatic carbocycles. The zero-order valence-electron chi connectivity index (χ0n) is 6.11. The highest BCUT2D eigenvalue weighted by atomic mass is 19.3. The fourth-order valence-corrected chi connectivity index (χ4v) is 0.522. The van der Waals surface area contributed by atoms with E-state index in [0.717, 1.165) is 0 Å². The van der Waals surface area contributed by atoms with Crippen LogP contribution < -0.4 is 11.1 Å². The van der Waals surface area contributed by atoms with Gasteiger partial charge in [-0.25, -0.2) is 8.78 Å². The topological polar surface area (TPSA) is 38.0 Å². The summed E-state index contributed by atoms with van der Waals surface area (Å²) in [5.41, 5.74) is 5.26. The van der Waals surface area contributed by atoms with Crippen molar-refractivity contribution in [3.05, 3.63) is 0 Å². The molecular formula is C6H14F2N2. The van der Waals surface area contributed by atoms with Gasteiger partial charge < -0.3 is 11.1 Å². The minimum Gasteiger partial charge on any atom is -0.330 e. The van der Waals surface area contributed by atoms with Gasteiger partial charge in [-0.1, -0.05) is 6.92 Å². The third kappa shape index (κ3) is 5.91. The zero-order valence-corrected chi connectivity index (χ0v) is 6.11. The third-order valence-electron chi connectivity index (χ3n) is 1.19. The molecule has 0 aliphatic carbocycles. The molecule has 0 fully saturated rings. The Morgan fingerprint density at radius 3 is 2.40 bits per heavy atom. The largest absolute Gasteiger partial charge is 0.330 e. The SMILES string of the molecule is CC(CN)CNCC(F)F. The zero-order chi connectivity index (χ0) is 7.98. The monoisotopic (exact) mass is 152 g/mol. The maximum absolute atomic E-state index is 11.5. The van der Waals surface area contributed by atoms with Crippen LogP contribution in [0.15, 0.2) is 0 Å². The lowest BCUT2D eigenvalue weighted by Crippen LogP contribution is -2.29. The molecule has 0 radical (unpaired) electrons. The first kappa shape index (κ1) is 9.78. The molecule has 10 heavy (non-hydrogen) atoms. The summed E-state index contributed by atoms with van der Waals surface area (Å²) in [4.78, 5) is 0. The molecule has 0 aliphatic rings. The average Bonchev–Trinajstić information content (AvgIpc) is 1.87. The minimum absolute atomic E-state index is 0.232. The highest BCUT2D eigenvalue weighted by Crippen LogP contribution is 1.90. The summed E-state index contributed by atoms with van der Waals surface area (Å²) in [5, 5.41) is 2.61. The first-order valence-corrected chi connectivity index (χ1v) is 3.35. The van der Waals surface area contributed by atoms with Gasteiger partial charge in [-0.3, -0.25) is 0 Å². The number of nitrogens with one attached hydrogen (secondary N) is 1. The van der Waals surface area contributed by atoms with Crippen LogP contribution in [-0.2, 0) is 0 Å². The van der Waals surface area contributed by atoms with Gasteiger partial charge in [-0.05, 0) is 19.0 Å². The lowest BCUT2D eigenvalue weighted by Gasteiger charge is -2.08. The van der Waals surface area contributed by atoms with E-state index in [-0.39, 0.29) is 12.5 Å². The molecule has 0 aromatic rings. The van der Waals surface area contributed by atoms with E-state index in [9.17, 15) is 8.78 Å². The van der Waals surface area contributed by atoms with Crippen LogP contribution in [0.4, 0.5) is 8.78 Å². The number of alkyl halides is 2. The molecule has 1 atom stereocenters. The van der Waals surface area contributed by atoms with E-state index in [1.807, 2.05) is 6.92 Å². The molecule has 0 aromatic heterocycles. The van der Waals surface area contributed by atoms with Gasteiger partial charge in [0.15, 0.2) is 0 Å². The molecule has 62 valence electrons. The number of halogens is 2. The van der Waals surface area contributed by atoms with E-state index in [1.54, 1.807) is 0 Å². The maximum atomic E-state index is 11.5. The van der Waals surface area contributed by atoms with Crippen molar-refractivity contribution < 1.29 is 8.78 Å². The summed E-state index contributed by atoms with van der Waals surface area (Å²) >= 11 is 0. The van der Waals surface area contributed by atoms with Crippen LogP contribution in [0.5, 0.6) is 0 Å². The van der Waals surface area contributed by atoms with Gasteiger partial charge in [0.25, 0.3) is 6.43 Å². The number of nitrogens with two attached hydrogens (primary N) is 1. The summed E-state index contributed by atoms with van der Waals surface area (Å²) in [6, 6.07) is 0. The Labute approximate surface area is 59.8 Å². The van der Waals surface area contributed by atoms with Gasteiger partial charge in [-0.2, -0.15) is 0 Å². The lowest BCUT2D eigenvalue weighted by molar-refractivity contribution is 0.144. The van der Waals surface area contributed by atoms with Crippen LogP contribution >= 0.6 is 0 Å². The third-order valence-corrected chi connectivity index (χ3v) is 1.19. The molecule has 0 saturated heterocycles. The van der Waals surface area contributed by atoms with E-state index in [1.165, 1.54) is 0 Å². The van der Waals surface area contributed by atoms with Gasteiger partial charge in [-0.15, -0.1) is 0 Å². The highest BCUT2D eigenvalue weighted by Gasteiger charge is 2.02. The molecule has 0 amide bonds. The summed E-state index contributed by atoms with van der Waals surface area (Å²) in [5.74, 6) is 0.277. The highest BCUT2D eigenvalue weighted by molar-refractivity contribution is 4.57. The Bertz CT molecular complexity index is 78.1. The van der Waals surface area contributed by atoms with Crippen molar-refractivity contribution in [3.8, 4) is 0 Å². The number of hydrogen-bond acceptors (Lipinski definition) is 2. The Morgan fingerprint density at radius 1 is 1.40 bits per heavy atom. The van der Waals surface area contributed by atoms with Crippen LogP contribution in [0.2, 0.25) is 0 Å². The quantitative estimate of drug-likeness (QED) is 0.599. The predicted octanol–water partition coefficient (Wildman–Crippen LogP) is 0.436. The first-order valence-electron chi connectivity index (χ1n) is 3.35. The van der Waals surface area contributed by atoms with Gasteiger partial charge in [0.1, 0.15) is 0 Å². The molecular weight excluding hydrogens is 138 g/mol. The van der Waals surface area contributed by atoms with Gasteiger partial charge in [0.2, 0.25) is 0 Å². The van der Waals surface area contributed by atoms with Crippen molar-refractivity contribution in [2.45, 2.75) is 13.3 Å². The van der Waals surface area contributed by atoms with Crippen molar-refractivity contribution in [2.24, 2.45) is 11.7 Å². The summed E-state index contributed by atoms with van der Waals surface area (Å²) in [6.07, 6.45) is -2.26. The van der Waals surface area contributed by atoms with Gasteiger partial charge in [0, 0.05) is 0 Å². The normalized spacial score (nSPS) is 14.1. The van der Waals surface area contributed by atoms with Crippen LogP contribution in [0.1, 0.15) is 6.92 Å². The summed E-state index contributed by atoms with van der Waals surface area (Å²) in [7, 11) is 0. The second-order valence-electron chi connectivity index (χ2n) is 2.39. The molecule has 0 rings (SSSR count). The Balaban J connectivity index is 3.03. The van der Waals surface area contributed by atoms with E-state index in [2.05, 4.69) is 5.32 Å². The molecule has 0 aliphatic heterocycles. The van der Waals surface area contributed by atoms with Crippen LogP contribution in [0.3, 0.4) is 0 Å². The van der Waals surface area contributed by atoms with Crippen molar-refractivity contribution >= 4 is 0 Å². The smallest absolute Gasteiger partial charge is 0.250 e. The Kier molecular flexibility index (Phi) is 5.43. The summed E-state index contributed by atoms with van der Waals surface area (Å²) in [6.45, 7) is 2.79. The van der Waals surface area contributed by atoms with Crippen molar-refractivity contribution in [1.29, 1.82) is 0 Å². The number of rotatable bonds is 5. The van der Waals surface area contributed by atoms with Crippen LogP contribution in [0.25, 0.3) is 0 Å². The molecule has 0 spiro atoms. The fraction of sp³-hybridized carbons (Fsp3) is 1.00. The van der Waals surface area contributed by atoms with E-state index in [0.29, 0.717) is 13.1 Å².